The molecule has 10 atom stereocenters. The van der Waals surface area contributed by atoms with Gasteiger partial charge in [0.1, 0.15) is 11.7 Å². The standard InChI is InChI=1S/C45H65N3O7Si/c1-29(17-16-23-41(7,8)54-31(3)50)34-20-21-36-42(34,9)28-35(53-30(2)49)37-43(10)24-22-33(55-56(11,12)40(4,5)6)27-44(43)25-26-45(36,37)48-39(52)46(38(51)47(44)48)32-18-14-13-15-19-32/h13-15,18-19,22,24-26,29,33-37H,16-17,20-21,23,27-28H2,1-12H3/t29-,33+,34-,35-,36-,37-,42-,43-,44-,45+/m1/s1. The van der Waals surface area contributed by atoms with Gasteiger partial charge in [-0.2, -0.15) is 0 Å². The van der Waals surface area contributed by atoms with Crippen molar-refractivity contribution in [3.63, 3.8) is 0 Å². The van der Waals surface area contributed by atoms with Crippen LogP contribution in [0, 0.1) is 34.5 Å². The molecule has 2 spiro atoms. The highest BCUT2D eigenvalue weighted by atomic mass is 28.4. The normalized spacial score (nSPS) is 35.0. The molecule has 1 aromatic heterocycles. The summed E-state index contributed by atoms with van der Waals surface area (Å²) in [5.41, 5.74) is -3.63. The van der Waals surface area contributed by atoms with E-state index in [-0.39, 0.29) is 57.6 Å². The van der Waals surface area contributed by atoms with Gasteiger partial charge in [0.05, 0.1) is 22.9 Å². The zero-order valence-electron chi connectivity index (χ0n) is 35.8. The average molecular weight is 788 g/mol. The second kappa shape index (κ2) is 13.3. The lowest BCUT2D eigenvalue weighted by molar-refractivity contribution is -0.221. The van der Waals surface area contributed by atoms with Crippen LogP contribution in [0.1, 0.15) is 114 Å². The van der Waals surface area contributed by atoms with Gasteiger partial charge in [0.15, 0.2) is 8.32 Å². The second-order valence-corrected chi connectivity index (χ2v) is 25.3. The van der Waals surface area contributed by atoms with Gasteiger partial charge in [-0.3, -0.25) is 9.59 Å². The van der Waals surface area contributed by atoms with Crippen LogP contribution in [0.3, 0.4) is 0 Å². The summed E-state index contributed by atoms with van der Waals surface area (Å²) in [6.45, 7) is 25.0. The molecule has 2 saturated carbocycles. The first kappa shape index (κ1) is 40.7. The van der Waals surface area contributed by atoms with Crippen LogP contribution in [0.4, 0.5) is 0 Å². The maximum absolute atomic E-state index is 15.3. The summed E-state index contributed by atoms with van der Waals surface area (Å²) in [7, 11) is -2.24. The van der Waals surface area contributed by atoms with Crippen LogP contribution in [-0.4, -0.2) is 52.0 Å². The molecular weight excluding hydrogens is 723 g/mol. The van der Waals surface area contributed by atoms with E-state index in [1.165, 1.54) is 18.4 Å². The number of para-hydroxylation sites is 1. The van der Waals surface area contributed by atoms with Crippen molar-refractivity contribution in [1.29, 1.82) is 0 Å². The van der Waals surface area contributed by atoms with E-state index in [0.29, 0.717) is 24.4 Å². The summed E-state index contributed by atoms with van der Waals surface area (Å²) in [4.78, 5) is 55.5. The van der Waals surface area contributed by atoms with Crippen LogP contribution in [-0.2, 0) is 34.6 Å². The van der Waals surface area contributed by atoms with Crippen molar-refractivity contribution in [2.45, 2.75) is 161 Å². The van der Waals surface area contributed by atoms with E-state index >= 15 is 9.59 Å². The largest absolute Gasteiger partial charge is 0.462 e. The van der Waals surface area contributed by atoms with Gasteiger partial charge in [0.2, 0.25) is 0 Å². The maximum atomic E-state index is 15.3. The Hall–Kier alpha value is -3.44. The van der Waals surface area contributed by atoms with Crippen LogP contribution in [0.15, 0.2) is 64.2 Å². The molecule has 0 N–H and O–H groups in total. The molecule has 0 amide bonds. The molecule has 2 fully saturated rings. The number of rotatable bonds is 10. The monoisotopic (exact) mass is 787 g/mol. The molecule has 56 heavy (non-hydrogen) atoms. The first-order chi connectivity index (χ1) is 26.0. The number of ether oxygens (including phenoxy) is 2. The smallest absolute Gasteiger partial charge is 0.352 e. The molecule has 2 aromatic rings. The Labute approximate surface area is 333 Å². The molecule has 11 heteroatoms. The van der Waals surface area contributed by atoms with E-state index in [0.717, 1.165) is 32.1 Å². The maximum Gasteiger partial charge on any atom is 0.352 e. The summed E-state index contributed by atoms with van der Waals surface area (Å²) in [6, 6.07) is 9.25. The number of hydrogen-bond acceptors (Lipinski definition) is 7. The quantitative estimate of drug-likeness (QED) is 0.136. The highest BCUT2D eigenvalue weighted by molar-refractivity contribution is 6.74. The third kappa shape index (κ3) is 5.86. The van der Waals surface area contributed by atoms with Crippen molar-refractivity contribution in [1.82, 2.24) is 13.9 Å². The lowest BCUT2D eigenvalue weighted by Crippen LogP contribution is -2.78. The molecule has 8 rings (SSSR count). The number of hydrogen-bond donors (Lipinski definition) is 0. The van der Waals surface area contributed by atoms with Crippen molar-refractivity contribution in [2.75, 3.05) is 0 Å². The molecule has 6 aliphatic rings. The molecule has 2 aliphatic heterocycles. The van der Waals surface area contributed by atoms with E-state index in [2.05, 4.69) is 78.9 Å². The zero-order valence-corrected chi connectivity index (χ0v) is 36.8. The minimum Gasteiger partial charge on any atom is -0.462 e. The Morgan fingerprint density at radius 1 is 0.911 bits per heavy atom. The fourth-order valence-electron chi connectivity index (χ4n) is 12.5. The molecule has 2 bridgehead atoms. The second-order valence-electron chi connectivity index (χ2n) is 20.6. The fourth-order valence-corrected chi connectivity index (χ4v) is 13.7. The van der Waals surface area contributed by atoms with E-state index in [1.54, 1.807) is 0 Å². The van der Waals surface area contributed by atoms with Crippen LogP contribution in [0.5, 0.6) is 0 Å². The van der Waals surface area contributed by atoms with Crippen molar-refractivity contribution >= 4 is 20.3 Å². The molecule has 3 heterocycles. The highest BCUT2D eigenvalue weighted by Gasteiger charge is 2.77. The third-order valence-electron chi connectivity index (χ3n) is 15.7. The number of carbonyl (C=O) groups is 2. The number of carbonyl (C=O) groups excluding carboxylic acids is 2. The zero-order chi connectivity index (χ0) is 41.0. The van der Waals surface area contributed by atoms with Crippen molar-refractivity contribution < 1.29 is 23.5 Å². The van der Waals surface area contributed by atoms with E-state index < -0.39 is 36.5 Å². The number of allylic oxidation sites excluding steroid dienone is 3. The molecule has 4 aliphatic carbocycles. The van der Waals surface area contributed by atoms with E-state index in [4.69, 9.17) is 13.9 Å². The summed E-state index contributed by atoms with van der Waals surface area (Å²) >= 11 is 0. The minimum atomic E-state index is -2.24. The van der Waals surface area contributed by atoms with Gasteiger partial charge < -0.3 is 13.9 Å². The van der Waals surface area contributed by atoms with E-state index in [1.807, 2.05) is 53.5 Å². The predicted octanol–water partition coefficient (Wildman–Crippen LogP) is 8.26. The topological polar surface area (TPSA) is 111 Å². The van der Waals surface area contributed by atoms with Gasteiger partial charge in [-0.15, -0.1) is 0 Å². The Bertz CT molecular complexity index is 2070. The summed E-state index contributed by atoms with van der Waals surface area (Å²) in [5.74, 6) is -0.318. The number of benzene rings is 1. The molecule has 1 aromatic carbocycles. The minimum absolute atomic E-state index is 0.00676. The number of aromatic nitrogens is 3. The van der Waals surface area contributed by atoms with Gasteiger partial charge in [0, 0.05) is 31.6 Å². The molecule has 0 radical (unpaired) electrons. The average Bonchev–Trinajstić information content (AvgIpc) is 3.57. The third-order valence-corrected chi connectivity index (χ3v) is 20.2. The van der Waals surface area contributed by atoms with E-state index in [9.17, 15) is 9.59 Å². The molecule has 0 saturated heterocycles. The first-order valence-electron chi connectivity index (χ1n) is 20.9. The van der Waals surface area contributed by atoms with Crippen LogP contribution in [0.2, 0.25) is 18.1 Å². The number of nitrogens with zero attached hydrogens (tertiary/aromatic N) is 3. The first-order valence-corrected chi connectivity index (χ1v) is 23.8. The molecule has 306 valence electrons. The lowest BCUT2D eigenvalue weighted by Gasteiger charge is -2.71. The SMILES string of the molecule is CC(=O)O[C@@H]1C[C@]2(C)[C@@H]([C@H](C)CCCC(C)(C)OC(C)=O)CC[C@H]2[C@@]23C=C[C@]4(C[C@@H](O[Si](C)(C)C(C)(C)C)C=C[C@]4(C)[C@@H]12)n1c(=O)n(-c2ccccc2)c(=O)n13. The van der Waals surface area contributed by atoms with Gasteiger partial charge in [-0.05, 0) is 99.4 Å². The summed E-state index contributed by atoms with van der Waals surface area (Å²) in [6.07, 6.45) is 13.8. The van der Waals surface area contributed by atoms with Gasteiger partial charge in [0.25, 0.3) is 0 Å². The number of esters is 2. The Morgan fingerprint density at radius 3 is 2.20 bits per heavy atom. The predicted molar refractivity (Wildman–Crippen MR) is 220 cm³/mol. The van der Waals surface area contributed by atoms with Crippen molar-refractivity contribution in [3.8, 4) is 5.69 Å². The van der Waals surface area contributed by atoms with Crippen LogP contribution < -0.4 is 11.4 Å². The number of fused-ring (bicyclic) bond motifs is 1. The Kier molecular flexibility index (Phi) is 9.67. The lowest BCUT2D eigenvalue weighted by atomic mass is 9.40. The Morgan fingerprint density at radius 2 is 1.57 bits per heavy atom. The molecule has 10 nitrogen and oxygen atoms in total. The van der Waals surface area contributed by atoms with Gasteiger partial charge in [-0.25, -0.2) is 23.5 Å². The van der Waals surface area contributed by atoms with Crippen LogP contribution in [0.25, 0.3) is 5.69 Å². The van der Waals surface area contributed by atoms with Gasteiger partial charge >= 0.3 is 23.3 Å². The molecule has 0 unspecified atom stereocenters. The fraction of sp³-hybridized carbons (Fsp3) is 0.689. The summed E-state index contributed by atoms with van der Waals surface area (Å²) < 4.78 is 24.2. The Balaban J connectivity index is 1.40. The van der Waals surface area contributed by atoms with Gasteiger partial charge in [-0.1, -0.05) is 90.5 Å². The van der Waals surface area contributed by atoms with Crippen molar-refractivity contribution in [2.24, 2.45) is 34.5 Å². The molecular formula is C45H65N3O7Si. The van der Waals surface area contributed by atoms with Crippen LogP contribution >= 0.6 is 0 Å². The highest BCUT2D eigenvalue weighted by Crippen LogP contribution is 2.73. The summed E-state index contributed by atoms with van der Waals surface area (Å²) in [5, 5.41) is -0.0259. The van der Waals surface area contributed by atoms with Crippen molar-refractivity contribution in [3.05, 3.63) is 75.6 Å².